The summed E-state index contributed by atoms with van der Waals surface area (Å²) in [6.45, 7) is 1.77. The predicted molar refractivity (Wildman–Crippen MR) is 78.6 cm³/mol. The number of nitrogens with zero attached hydrogens (tertiary/aromatic N) is 5. The van der Waals surface area contributed by atoms with Crippen LogP contribution in [0.1, 0.15) is 5.69 Å². The van der Waals surface area contributed by atoms with Gasteiger partial charge >= 0.3 is 0 Å². The van der Waals surface area contributed by atoms with Crippen molar-refractivity contribution in [2.75, 3.05) is 0 Å². The van der Waals surface area contributed by atoms with Crippen LogP contribution < -0.4 is 5.56 Å². The Morgan fingerprint density at radius 3 is 2.43 bits per heavy atom. The van der Waals surface area contributed by atoms with Crippen LogP contribution in [0.3, 0.4) is 0 Å². The van der Waals surface area contributed by atoms with E-state index >= 15 is 0 Å². The topological polar surface area (TPSA) is 86.9 Å². The number of rotatable bonds is 3. The predicted octanol–water partition coefficient (Wildman–Crippen LogP) is 1.85. The van der Waals surface area contributed by atoms with Gasteiger partial charge < -0.3 is 0 Å². The van der Waals surface area contributed by atoms with Gasteiger partial charge in [0.2, 0.25) is 0 Å². The van der Waals surface area contributed by atoms with Crippen molar-refractivity contribution >= 4 is 11.9 Å². The van der Waals surface area contributed by atoms with Gasteiger partial charge in [0, 0.05) is 13.3 Å². The van der Waals surface area contributed by atoms with Gasteiger partial charge in [0.05, 0.1) is 23.5 Å². The van der Waals surface area contributed by atoms with E-state index in [4.69, 9.17) is 10.5 Å². The molecule has 0 spiro atoms. The Bertz CT molecular complexity index is 801. The maximum absolute atomic E-state index is 12.5. The van der Waals surface area contributed by atoms with Crippen molar-refractivity contribution in [1.82, 2.24) is 9.36 Å². The zero-order chi connectivity index (χ0) is 15.4. The highest BCUT2D eigenvalue weighted by Gasteiger charge is 2.15. The Labute approximate surface area is 121 Å². The van der Waals surface area contributed by atoms with Crippen molar-refractivity contribution in [3.05, 3.63) is 46.4 Å². The first-order chi connectivity index (χ1) is 10.1. The Balaban J connectivity index is 2.55. The molecule has 0 unspecified atom stereocenters. The summed E-state index contributed by atoms with van der Waals surface area (Å²) >= 11 is 0. The van der Waals surface area contributed by atoms with Gasteiger partial charge in [-0.25, -0.2) is 4.68 Å². The molecule has 0 aliphatic rings. The molecule has 104 valence electrons. The van der Waals surface area contributed by atoms with Crippen LogP contribution in [0, 0.1) is 35.5 Å². The zero-order valence-electron chi connectivity index (χ0n) is 11.7. The molecule has 1 heterocycles. The lowest BCUT2D eigenvalue weighted by atomic mass is 10.2. The fraction of sp³-hybridized carbons (Fsp3) is 0.200. The van der Waals surface area contributed by atoms with E-state index < -0.39 is 5.92 Å². The SMILES string of the molecule is Cc1c(N=CC(C#N)C#N)c(=O)n(-c2ccccc2)n1C. The quantitative estimate of drug-likeness (QED) is 0.803. The van der Waals surface area contributed by atoms with Crippen LogP contribution in [0.15, 0.2) is 40.1 Å². The van der Waals surface area contributed by atoms with Gasteiger partial charge in [0.25, 0.3) is 5.56 Å². The highest BCUT2D eigenvalue weighted by atomic mass is 16.1. The van der Waals surface area contributed by atoms with E-state index in [1.165, 1.54) is 10.9 Å². The van der Waals surface area contributed by atoms with Gasteiger partial charge in [0.15, 0.2) is 11.6 Å². The van der Waals surface area contributed by atoms with Crippen LogP contribution in [-0.2, 0) is 7.05 Å². The minimum Gasteiger partial charge on any atom is -0.283 e. The fourth-order valence-corrected chi connectivity index (χ4v) is 1.95. The summed E-state index contributed by atoms with van der Waals surface area (Å²) in [6.07, 6.45) is 1.19. The summed E-state index contributed by atoms with van der Waals surface area (Å²) in [6, 6.07) is 12.8. The summed E-state index contributed by atoms with van der Waals surface area (Å²) in [4.78, 5) is 16.5. The lowest BCUT2D eigenvalue weighted by Gasteiger charge is -2.07. The van der Waals surface area contributed by atoms with E-state index in [9.17, 15) is 4.79 Å². The van der Waals surface area contributed by atoms with Crippen molar-refractivity contribution in [2.24, 2.45) is 18.0 Å². The van der Waals surface area contributed by atoms with Gasteiger partial charge in [-0.05, 0) is 19.1 Å². The summed E-state index contributed by atoms with van der Waals surface area (Å²) < 4.78 is 3.19. The highest BCUT2D eigenvalue weighted by Crippen LogP contribution is 2.16. The van der Waals surface area contributed by atoms with E-state index in [1.54, 1.807) is 30.8 Å². The second-order valence-corrected chi connectivity index (χ2v) is 4.42. The third-order valence-electron chi connectivity index (χ3n) is 3.15. The van der Waals surface area contributed by atoms with Crippen LogP contribution in [0.2, 0.25) is 0 Å². The first-order valence-electron chi connectivity index (χ1n) is 6.27. The molecule has 0 saturated heterocycles. The van der Waals surface area contributed by atoms with Crippen LogP contribution in [0.25, 0.3) is 5.69 Å². The largest absolute Gasteiger partial charge is 0.297 e. The van der Waals surface area contributed by atoms with Gasteiger partial charge in [0.1, 0.15) is 0 Å². The minimum absolute atomic E-state index is 0.233. The molecule has 0 amide bonds. The molecule has 1 aromatic heterocycles. The van der Waals surface area contributed by atoms with Crippen LogP contribution in [0.4, 0.5) is 5.69 Å². The van der Waals surface area contributed by atoms with Crippen molar-refractivity contribution in [1.29, 1.82) is 10.5 Å². The van der Waals surface area contributed by atoms with Crippen LogP contribution in [-0.4, -0.2) is 15.6 Å². The van der Waals surface area contributed by atoms with Crippen molar-refractivity contribution in [3.63, 3.8) is 0 Å². The Morgan fingerprint density at radius 1 is 1.24 bits per heavy atom. The Hall–Kier alpha value is -3.12. The second kappa shape index (κ2) is 5.89. The van der Waals surface area contributed by atoms with E-state index in [-0.39, 0.29) is 11.2 Å². The number of hydrogen-bond donors (Lipinski definition) is 0. The van der Waals surface area contributed by atoms with E-state index in [0.29, 0.717) is 5.69 Å². The smallest absolute Gasteiger partial charge is 0.283 e. The molecule has 0 fully saturated rings. The maximum Gasteiger partial charge on any atom is 0.297 e. The number of hydrogen-bond acceptors (Lipinski definition) is 4. The van der Waals surface area contributed by atoms with Crippen molar-refractivity contribution in [2.45, 2.75) is 6.92 Å². The molecule has 6 nitrogen and oxygen atoms in total. The van der Waals surface area contributed by atoms with E-state index in [2.05, 4.69) is 4.99 Å². The summed E-state index contributed by atoms with van der Waals surface area (Å²) in [5.74, 6) is -0.964. The van der Waals surface area contributed by atoms with Crippen LogP contribution in [0.5, 0.6) is 0 Å². The molecule has 0 N–H and O–H groups in total. The molecular formula is C15H13N5O. The lowest BCUT2D eigenvalue weighted by molar-refractivity contribution is 0.630. The average Bonchev–Trinajstić information content (AvgIpc) is 2.72. The van der Waals surface area contributed by atoms with Gasteiger partial charge in [-0.15, -0.1) is 0 Å². The molecule has 0 atom stereocenters. The monoisotopic (exact) mass is 279 g/mol. The van der Waals surface area contributed by atoms with Crippen LogP contribution >= 0.6 is 0 Å². The van der Waals surface area contributed by atoms with E-state index in [0.717, 1.165) is 5.69 Å². The molecule has 0 saturated carbocycles. The second-order valence-electron chi connectivity index (χ2n) is 4.42. The molecule has 0 aliphatic heterocycles. The fourth-order valence-electron chi connectivity index (χ4n) is 1.95. The molecule has 1 aromatic carbocycles. The maximum atomic E-state index is 12.5. The van der Waals surface area contributed by atoms with Crippen molar-refractivity contribution in [3.8, 4) is 17.8 Å². The van der Waals surface area contributed by atoms with Crippen molar-refractivity contribution < 1.29 is 0 Å². The number of aromatic nitrogens is 2. The molecule has 2 rings (SSSR count). The minimum atomic E-state index is -0.964. The molecule has 2 aromatic rings. The molecule has 21 heavy (non-hydrogen) atoms. The van der Waals surface area contributed by atoms with Gasteiger partial charge in [-0.1, -0.05) is 18.2 Å². The summed E-state index contributed by atoms with van der Waals surface area (Å²) in [5, 5.41) is 17.5. The third-order valence-corrected chi connectivity index (χ3v) is 3.15. The van der Waals surface area contributed by atoms with Gasteiger partial charge in [-0.2, -0.15) is 10.5 Å². The molecular weight excluding hydrogens is 266 g/mol. The Morgan fingerprint density at radius 2 is 1.86 bits per heavy atom. The first-order valence-corrected chi connectivity index (χ1v) is 6.27. The number of nitriles is 2. The zero-order valence-corrected chi connectivity index (χ0v) is 11.7. The number of para-hydroxylation sites is 1. The Kier molecular flexibility index (Phi) is 4.01. The summed E-state index contributed by atoms with van der Waals surface area (Å²) in [7, 11) is 1.76. The highest BCUT2D eigenvalue weighted by molar-refractivity contribution is 5.71. The average molecular weight is 279 g/mol. The number of benzene rings is 1. The first kappa shape index (κ1) is 14.3. The van der Waals surface area contributed by atoms with Gasteiger partial charge in [-0.3, -0.25) is 14.5 Å². The molecule has 0 aliphatic carbocycles. The molecule has 0 radical (unpaired) electrons. The normalized spacial score (nSPS) is 10.7. The third kappa shape index (κ3) is 2.60. The molecule has 6 heteroatoms. The molecule has 0 bridgehead atoms. The standard InChI is InChI=1S/C15H13N5O/c1-11-14(18-10-12(8-16)9-17)15(21)20(19(11)2)13-6-4-3-5-7-13/h3-7,10,12H,1-2H3. The lowest BCUT2D eigenvalue weighted by Crippen LogP contribution is -2.19. The van der Waals surface area contributed by atoms with E-state index in [1.807, 2.05) is 30.3 Å². The number of aliphatic imine (C=N–C) groups is 1. The summed E-state index contributed by atoms with van der Waals surface area (Å²) in [5.41, 5.74) is 1.34.